The Labute approximate surface area is 177 Å². The molecular weight excluding hydrogens is 402 g/mol. The van der Waals surface area contributed by atoms with Gasteiger partial charge in [-0.3, -0.25) is 5.10 Å². The van der Waals surface area contributed by atoms with Crippen LogP contribution in [0.15, 0.2) is 53.6 Å². The number of benzene rings is 2. The summed E-state index contributed by atoms with van der Waals surface area (Å²) < 4.78 is 3.30. The summed E-state index contributed by atoms with van der Waals surface area (Å²) >= 11 is 6.97. The smallest absolute Gasteiger partial charge is 0.216 e. The minimum Gasteiger partial charge on any atom is -0.378 e. The summed E-state index contributed by atoms with van der Waals surface area (Å²) in [6, 6.07) is 16.3. The van der Waals surface area contributed by atoms with Crippen LogP contribution in [0.1, 0.15) is 11.4 Å². The molecule has 2 aromatic heterocycles. The number of para-hydroxylation sites is 1. The molecule has 0 fully saturated rings. The number of aromatic nitrogens is 4. The standard InChI is InChI=1S/C20H21N7S2/c1-26(2)15-9-7-14(8-10-15)13-22-27-18(24-25-20(27)28)11-12-21-19-23-16-5-3-4-6-17(16)29-19/h3-10,13H,11-12H2,1-2H3,(H,21,23)(H,25,28)/b22-13+. The number of hydrogen-bond acceptors (Lipinski definition) is 7. The third-order valence-electron chi connectivity index (χ3n) is 4.37. The van der Waals surface area contributed by atoms with Crippen LogP contribution in [0.4, 0.5) is 10.8 Å². The Hall–Kier alpha value is -3.04. The summed E-state index contributed by atoms with van der Waals surface area (Å²) in [7, 11) is 4.03. The van der Waals surface area contributed by atoms with Crippen molar-refractivity contribution in [3.05, 3.63) is 64.7 Å². The maximum absolute atomic E-state index is 5.32. The fourth-order valence-corrected chi connectivity index (χ4v) is 3.91. The average Bonchev–Trinajstić information content (AvgIpc) is 3.29. The van der Waals surface area contributed by atoms with E-state index in [9.17, 15) is 0 Å². The van der Waals surface area contributed by atoms with E-state index < -0.39 is 0 Å². The minimum absolute atomic E-state index is 0.473. The lowest BCUT2D eigenvalue weighted by Crippen LogP contribution is -2.09. The van der Waals surface area contributed by atoms with Crippen LogP contribution in [0.3, 0.4) is 0 Å². The van der Waals surface area contributed by atoms with Crippen LogP contribution in [-0.2, 0) is 6.42 Å². The Morgan fingerprint density at radius 2 is 2.00 bits per heavy atom. The quantitative estimate of drug-likeness (QED) is 0.345. The molecule has 0 unspecified atom stereocenters. The van der Waals surface area contributed by atoms with Gasteiger partial charge >= 0.3 is 0 Å². The predicted octanol–water partition coefficient (Wildman–Crippen LogP) is 4.15. The predicted molar refractivity (Wildman–Crippen MR) is 123 cm³/mol. The molecule has 0 bridgehead atoms. The van der Waals surface area contributed by atoms with Gasteiger partial charge in [-0.1, -0.05) is 35.6 Å². The van der Waals surface area contributed by atoms with E-state index in [1.807, 2.05) is 44.4 Å². The lowest BCUT2D eigenvalue weighted by atomic mass is 10.2. The molecule has 0 atom stereocenters. The number of anilines is 2. The highest BCUT2D eigenvalue weighted by Crippen LogP contribution is 2.25. The third-order valence-corrected chi connectivity index (χ3v) is 5.63. The Morgan fingerprint density at radius 1 is 1.21 bits per heavy atom. The summed E-state index contributed by atoms with van der Waals surface area (Å²) in [6.45, 7) is 0.687. The molecule has 29 heavy (non-hydrogen) atoms. The van der Waals surface area contributed by atoms with Gasteiger partial charge in [0.2, 0.25) is 4.77 Å². The van der Waals surface area contributed by atoms with E-state index in [1.165, 1.54) is 4.70 Å². The monoisotopic (exact) mass is 423 g/mol. The molecule has 0 aliphatic heterocycles. The lowest BCUT2D eigenvalue weighted by molar-refractivity contribution is 0.765. The molecule has 0 saturated carbocycles. The zero-order valence-electron chi connectivity index (χ0n) is 16.2. The highest BCUT2D eigenvalue weighted by atomic mass is 32.1. The molecule has 7 nitrogen and oxygen atoms in total. The summed E-state index contributed by atoms with van der Waals surface area (Å²) in [5, 5.41) is 15.9. The SMILES string of the molecule is CN(C)c1ccc(/C=N/n2c(CCNc3nc4ccccc4s3)n[nH]c2=S)cc1. The van der Waals surface area contributed by atoms with Crippen molar-refractivity contribution in [2.75, 3.05) is 30.9 Å². The third kappa shape index (κ3) is 4.52. The van der Waals surface area contributed by atoms with Gasteiger partial charge < -0.3 is 10.2 Å². The Morgan fingerprint density at radius 3 is 2.76 bits per heavy atom. The molecule has 2 aromatic carbocycles. The van der Waals surface area contributed by atoms with Gasteiger partial charge in [-0.25, -0.2) is 4.98 Å². The second-order valence-electron chi connectivity index (χ2n) is 6.65. The Bertz CT molecular complexity index is 1150. The summed E-state index contributed by atoms with van der Waals surface area (Å²) in [5.41, 5.74) is 3.15. The molecule has 2 heterocycles. The molecule has 0 aliphatic rings. The van der Waals surface area contributed by atoms with Crippen molar-refractivity contribution >= 4 is 50.8 Å². The molecule has 4 rings (SSSR count). The van der Waals surface area contributed by atoms with Gasteiger partial charge in [0.15, 0.2) is 11.0 Å². The molecule has 0 spiro atoms. The van der Waals surface area contributed by atoms with Crippen LogP contribution < -0.4 is 10.2 Å². The molecule has 0 saturated heterocycles. The topological polar surface area (TPSA) is 74.1 Å². The van der Waals surface area contributed by atoms with Crippen LogP contribution in [0.25, 0.3) is 10.2 Å². The first-order valence-corrected chi connectivity index (χ1v) is 10.4. The fraction of sp³-hybridized carbons (Fsp3) is 0.200. The highest BCUT2D eigenvalue weighted by molar-refractivity contribution is 7.71. The number of hydrogen-bond donors (Lipinski definition) is 2. The van der Waals surface area contributed by atoms with E-state index in [1.54, 1.807) is 22.2 Å². The molecule has 2 N–H and O–H groups in total. The molecule has 0 radical (unpaired) electrons. The van der Waals surface area contributed by atoms with Crippen molar-refractivity contribution in [3.8, 4) is 0 Å². The Balaban J connectivity index is 1.42. The summed E-state index contributed by atoms with van der Waals surface area (Å²) in [4.78, 5) is 6.64. The minimum atomic E-state index is 0.473. The summed E-state index contributed by atoms with van der Waals surface area (Å²) in [5.74, 6) is 0.768. The van der Waals surface area contributed by atoms with Crippen molar-refractivity contribution < 1.29 is 0 Å². The van der Waals surface area contributed by atoms with E-state index in [0.717, 1.165) is 27.7 Å². The van der Waals surface area contributed by atoms with Gasteiger partial charge in [0.05, 0.1) is 16.4 Å². The van der Waals surface area contributed by atoms with E-state index in [0.29, 0.717) is 17.7 Å². The zero-order valence-corrected chi connectivity index (χ0v) is 17.8. The number of aromatic amines is 1. The van der Waals surface area contributed by atoms with Gasteiger partial charge in [0, 0.05) is 32.7 Å². The van der Waals surface area contributed by atoms with Crippen LogP contribution in [0.5, 0.6) is 0 Å². The molecule has 0 aliphatic carbocycles. The number of fused-ring (bicyclic) bond motifs is 1. The van der Waals surface area contributed by atoms with Crippen LogP contribution in [-0.4, -0.2) is 46.7 Å². The molecule has 0 amide bonds. The van der Waals surface area contributed by atoms with Crippen LogP contribution in [0.2, 0.25) is 0 Å². The molecule has 9 heteroatoms. The van der Waals surface area contributed by atoms with Crippen LogP contribution in [0, 0.1) is 4.77 Å². The van der Waals surface area contributed by atoms with Crippen molar-refractivity contribution in [2.24, 2.45) is 5.10 Å². The van der Waals surface area contributed by atoms with E-state index in [-0.39, 0.29) is 0 Å². The van der Waals surface area contributed by atoms with Crippen molar-refractivity contribution in [3.63, 3.8) is 0 Å². The van der Waals surface area contributed by atoms with Crippen molar-refractivity contribution in [2.45, 2.75) is 6.42 Å². The number of nitrogens with one attached hydrogen (secondary N) is 2. The fourth-order valence-electron chi connectivity index (χ4n) is 2.82. The number of thiazole rings is 1. The van der Waals surface area contributed by atoms with Crippen molar-refractivity contribution in [1.82, 2.24) is 19.9 Å². The van der Waals surface area contributed by atoms with Gasteiger partial charge in [-0.05, 0) is 42.0 Å². The van der Waals surface area contributed by atoms with Gasteiger partial charge in [-0.2, -0.15) is 14.9 Å². The number of nitrogens with zero attached hydrogens (tertiary/aromatic N) is 5. The van der Waals surface area contributed by atoms with E-state index >= 15 is 0 Å². The second-order valence-corrected chi connectivity index (χ2v) is 8.07. The largest absolute Gasteiger partial charge is 0.378 e. The molecule has 4 aromatic rings. The maximum atomic E-state index is 5.32. The van der Waals surface area contributed by atoms with Gasteiger partial charge in [-0.15, -0.1) is 0 Å². The van der Waals surface area contributed by atoms with Gasteiger partial charge in [0.1, 0.15) is 0 Å². The number of H-pyrrole nitrogens is 1. The first-order valence-electron chi connectivity index (χ1n) is 9.17. The molecular formula is C20H21N7S2. The highest BCUT2D eigenvalue weighted by Gasteiger charge is 2.07. The van der Waals surface area contributed by atoms with Crippen molar-refractivity contribution in [1.29, 1.82) is 0 Å². The maximum Gasteiger partial charge on any atom is 0.216 e. The first kappa shape index (κ1) is 19.3. The Kier molecular flexibility index (Phi) is 5.68. The lowest BCUT2D eigenvalue weighted by Gasteiger charge is -2.11. The first-order chi connectivity index (χ1) is 14.1. The number of rotatable bonds is 7. The summed E-state index contributed by atoms with van der Waals surface area (Å²) in [6.07, 6.45) is 2.45. The van der Waals surface area contributed by atoms with E-state index in [4.69, 9.17) is 12.2 Å². The molecule has 148 valence electrons. The second kappa shape index (κ2) is 8.54. The average molecular weight is 424 g/mol. The zero-order chi connectivity index (χ0) is 20.2. The van der Waals surface area contributed by atoms with Crippen LogP contribution >= 0.6 is 23.6 Å². The van der Waals surface area contributed by atoms with Gasteiger partial charge in [0.25, 0.3) is 0 Å². The van der Waals surface area contributed by atoms with E-state index in [2.05, 4.69) is 48.7 Å². The normalized spacial score (nSPS) is 11.4.